The maximum Gasteiger partial charge on any atom is 0.257 e. The largest absolute Gasteiger partial charge is 0.487 e. The molecule has 1 saturated carbocycles. The summed E-state index contributed by atoms with van der Waals surface area (Å²) in [6, 6.07) is 8.56. The number of benzene rings is 1. The van der Waals surface area contributed by atoms with E-state index in [1.807, 2.05) is 43.8 Å². The van der Waals surface area contributed by atoms with Gasteiger partial charge in [0, 0.05) is 37.1 Å². The van der Waals surface area contributed by atoms with Gasteiger partial charge in [0.05, 0.1) is 50.3 Å². The van der Waals surface area contributed by atoms with Gasteiger partial charge in [0.25, 0.3) is 5.88 Å². The van der Waals surface area contributed by atoms with Crippen LogP contribution in [0.15, 0.2) is 49.4 Å². The van der Waals surface area contributed by atoms with Gasteiger partial charge in [-0.2, -0.15) is 10.4 Å². The van der Waals surface area contributed by atoms with Crippen LogP contribution in [0.1, 0.15) is 58.1 Å². The molecular formula is C34H44N10O4. The number of morpholine rings is 1. The van der Waals surface area contributed by atoms with Crippen molar-refractivity contribution in [3.63, 3.8) is 0 Å². The van der Waals surface area contributed by atoms with E-state index in [1.165, 1.54) is 6.33 Å². The summed E-state index contributed by atoms with van der Waals surface area (Å²) in [5, 5.41) is 22.0. The summed E-state index contributed by atoms with van der Waals surface area (Å²) >= 11 is 0. The molecule has 1 aliphatic carbocycles. The van der Waals surface area contributed by atoms with Crippen LogP contribution in [0, 0.1) is 11.3 Å². The number of hydrogen-bond donors (Lipinski definition) is 1. The highest BCUT2D eigenvalue weighted by Gasteiger charge is 2.29. The monoisotopic (exact) mass is 656 g/mol. The van der Waals surface area contributed by atoms with Gasteiger partial charge < -0.3 is 24.3 Å². The van der Waals surface area contributed by atoms with Gasteiger partial charge in [-0.15, -0.1) is 5.10 Å². The number of nitrogens with one attached hydrogen (secondary N) is 1. The molecule has 1 atom stereocenters. The zero-order valence-electron chi connectivity index (χ0n) is 27.9. The van der Waals surface area contributed by atoms with Crippen LogP contribution in [0.4, 0.5) is 11.6 Å². The summed E-state index contributed by atoms with van der Waals surface area (Å²) in [5.41, 5.74) is 2.77. The van der Waals surface area contributed by atoms with E-state index in [9.17, 15) is 5.26 Å². The minimum atomic E-state index is -0.231. The van der Waals surface area contributed by atoms with E-state index in [4.69, 9.17) is 24.0 Å². The summed E-state index contributed by atoms with van der Waals surface area (Å²) in [6.07, 6.45) is 12.9. The van der Waals surface area contributed by atoms with Gasteiger partial charge in [0.2, 0.25) is 5.95 Å². The summed E-state index contributed by atoms with van der Waals surface area (Å²) in [6.45, 7) is 11.0. The fourth-order valence-electron chi connectivity index (χ4n) is 6.21. The molecule has 2 aliphatic rings. The lowest BCUT2D eigenvalue weighted by molar-refractivity contribution is 0.00501. The molecule has 14 heteroatoms. The molecule has 1 N–H and O–H groups in total. The highest BCUT2D eigenvalue weighted by Crippen LogP contribution is 2.35. The van der Waals surface area contributed by atoms with Crippen LogP contribution in [0.25, 0.3) is 11.1 Å². The van der Waals surface area contributed by atoms with Crippen LogP contribution < -0.4 is 14.8 Å². The number of nitrogens with zero attached hydrogens (tertiary/aromatic N) is 9. The Balaban J connectivity index is 1.13. The first kappa shape index (κ1) is 33.3. The number of hydrogen-bond acceptors (Lipinski definition) is 12. The summed E-state index contributed by atoms with van der Waals surface area (Å²) in [7, 11) is 0. The number of nitriles is 1. The fraction of sp³-hybridized carbons (Fsp3) is 0.529. The predicted octanol–water partition coefficient (Wildman–Crippen LogP) is 4.63. The van der Waals surface area contributed by atoms with Crippen molar-refractivity contribution in [2.45, 2.75) is 77.3 Å². The Morgan fingerprint density at radius 3 is 2.50 bits per heavy atom. The zero-order valence-corrected chi connectivity index (χ0v) is 27.9. The molecular weight excluding hydrogens is 612 g/mol. The van der Waals surface area contributed by atoms with Crippen molar-refractivity contribution in [2.75, 3.05) is 44.8 Å². The van der Waals surface area contributed by atoms with Crippen molar-refractivity contribution in [3.8, 4) is 28.8 Å². The van der Waals surface area contributed by atoms with E-state index in [0.29, 0.717) is 60.7 Å². The van der Waals surface area contributed by atoms with Crippen LogP contribution in [0.3, 0.4) is 0 Å². The molecule has 0 amide bonds. The van der Waals surface area contributed by atoms with Crippen LogP contribution in [0.2, 0.25) is 0 Å². The van der Waals surface area contributed by atoms with Crippen molar-refractivity contribution >= 4 is 11.6 Å². The van der Waals surface area contributed by atoms with Gasteiger partial charge in [-0.1, -0.05) is 6.07 Å². The second-order valence-corrected chi connectivity index (χ2v) is 12.5. The van der Waals surface area contributed by atoms with E-state index in [1.54, 1.807) is 29.5 Å². The minimum Gasteiger partial charge on any atom is -0.487 e. The maximum atomic E-state index is 9.67. The van der Waals surface area contributed by atoms with Crippen molar-refractivity contribution in [1.29, 1.82) is 5.26 Å². The lowest BCUT2D eigenvalue weighted by Crippen LogP contribution is -2.45. The predicted molar refractivity (Wildman–Crippen MR) is 178 cm³/mol. The molecule has 2 fully saturated rings. The Bertz CT molecular complexity index is 1620. The van der Waals surface area contributed by atoms with Gasteiger partial charge in [0.1, 0.15) is 42.9 Å². The highest BCUT2D eigenvalue weighted by molar-refractivity contribution is 5.67. The molecule has 1 aromatic carbocycles. The molecule has 4 heterocycles. The van der Waals surface area contributed by atoms with Crippen molar-refractivity contribution < 1.29 is 18.9 Å². The fourth-order valence-corrected chi connectivity index (χ4v) is 6.21. The molecule has 0 radical (unpaired) electrons. The summed E-state index contributed by atoms with van der Waals surface area (Å²) in [4.78, 5) is 15.7. The molecule has 4 aromatic rings. The molecule has 0 bridgehead atoms. The van der Waals surface area contributed by atoms with E-state index in [-0.39, 0.29) is 12.2 Å². The Hall–Kier alpha value is -4.58. The molecule has 254 valence electrons. The maximum absolute atomic E-state index is 9.67. The first-order valence-electron chi connectivity index (χ1n) is 16.7. The second kappa shape index (κ2) is 16.0. The van der Waals surface area contributed by atoms with E-state index >= 15 is 0 Å². The average molecular weight is 657 g/mol. The third-order valence-corrected chi connectivity index (χ3v) is 8.65. The number of rotatable bonds is 14. The third-order valence-electron chi connectivity index (χ3n) is 8.65. The minimum absolute atomic E-state index is 0.124. The standard InChI is InChI=1S/C34H44N10O4/c1-24(2)46-14-15-47-33-31(21-44(41-33)30-8-6-29(7-9-30)42-10-12-45-13-11-42)40-34-37-18-28(19-38-34)26-4-5-27(17-35)32(16-26)48-25(3)20-43-23-36-22-39-43/h4-5,16,18-19,21-25,29-30H,6-15,20H2,1-3H3,(H,37,38,40)/t25-,29?,30?/m0/s1. The van der Waals surface area contributed by atoms with Crippen molar-refractivity contribution in [2.24, 2.45) is 0 Å². The number of aromatic nitrogens is 7. The molecule has 3 aromatic heterocycles. The SMILES string of the molecule is CC(C)OCCOc1nn(C2CCC(N3CCOCC3)CC2)cc1Nc1ncc(-c2ccc(C#N)c(O[C@@H](C)Cn3cncn3)c2)cn1. The first-order valence-corrected chi connectivity index (χ1v) is 16.7. The molecule has 0 spiro atoms. The Labute approximate surface area is 281 Å². The Kier molecular flexibility index (Phi) is 11.1. The number of anilines is 2. The van der Waals surface area contributed by atoms with E-state index in [2.05, 4.69) is 36.3 Å². The van der Waals surface area contributed by atoms with E-state index in [0.717, 1.165) is 63.1 Å². The first-order chi connectivity index (χ1) is 23.4. The van der Waals surface area contributed by atoms with Crippen LogP contribution in [-0.2, 0) is 16.0 Å². The molecule has 1 saturated heterocycles. The summed E-state index contributed by atoms with van der Waals surface area (Å²) in [5.74, 6) is 1.41. The third kappa shape index (κ3) is 8.66. The Morgan fingerprint density at radius 2 is 1.79 bits per heavy atom. The molecule has 1 aliphatic heterocycles. The normalized spacial score (nSPS) is 19.1. The van der Waals surface area contributed by atoms with Crippen LogP contribution in [-0.4, -0.2) is 97.2 Å². The van der Waals surface area contributed by atoms with Gasteiger partial charge in [-0.3, -0.25) is 9.58 Å². The highest BCUT2D eigenvalue weighted by atomic mass is 16.5. The lowest BCUT2D eigenvalue weighted by Gasteiger charge is -2.38. The van der Waals surface area contributed by atoms with Crippen molar-refractivity contribution in [1.82, 2.24) is 39.4 Å². The quantitative estimate of drug-likeness (QED) is 0.189. The van der Waals surface area contributed by atoms with Crippen LogP contribution in [0.5, 0.6) is 11.6 Å². The van der Waals surface area contributed by atoms with Gasteiger partial charge in [-0.25, -0.2) is 19.6 Å². The molecule has 6 rings (SSSR count). The smallest absolute Gasteiger partial charge is 0.257 e. The molecule has 48 heavy (non-hydrogen) atoms. The van der Waals surface area contributed by atoms with Gasteiger partial charge in [-0.05, 0) is 64.2 Å². The topological polar surface area (TPSA) is 150 Å². The van der Waals surface area contributed by atoms with E-state index < -0.39 is 0 Å². The van der Waals surface area contributed by atoms with Crippen LogP contribution >= 0.6 is 0 Å². The average Bonchev–Trinajstić information content (AvgIpc) is 3.77. The van der Waals surface area contributed by atoms with Gasteiger partial charge in [0.15, 0.2) is 0 Å². The van der Waals surface area contributed by atoms with Gasteiger partial charge >= 0.3 is 0 Å². The molecule has 14 nitrogen and oxygen atoms in total. The zero-order chi connectivity index (χ0) is 33.3. The molecule has 0 unspecified atom stereocenters. The summed E-state index contributed by atoms with van der Waals surface area (Å²) < 4.78 is 27.2. The van der Waals surface area contributed by atoms with Crippen molar-refractivity contribution in [3.05, 3.63) is 55.0 Å². The lowest BCUT2D eigenvalue weighted by atomic mass is 9.90. The number of ether oxygens (including phenoxy) is 4. The Morgan fingerprint density at radius 1 is 1.02 bits per heavy atom. The second-order valence-electron chi connectivity index (χ2n) is 12.5.